The van der Waals surface area contributed by atoms with Crippen LogP contribution in [0.3, 0.4) is 0 Å². The van der Waals surface area contributed by atoms with E-state index in [1.54, 1.807) is 31.2 Å². The first kappa shape index (κ1) is 24.8. The van der Waals surface area contributed by atoms with Gasteiger partial charge >= 0.3 is 6.09 Å². The molecule has 1 aliphatic heterocycles. The third kappa shape index (κ3) is 6.81. The lowest BCUT2D eigenvalue weighted by atomic mass is 10.3. The molecule has 2 aromatic rings. The fourth-order valence-corrected chi connectivity index (χ4v) is 4.91. The largest absolute Gasteiger partial charge is 0.484 e. The summed E-state index contributed by atoms with van der Waals surface area (Å²) in [5.74, 6) is -0.151. The molecule has 1 aliphatic rings. The Balaban J connectivity index is 1.62. The number of ether oxygens (including phenoxy) is 3. The van der Waals surface area contributed by atoms with Crippen molar-refractivity contribution in [2.45, 2.75) is 11.8 Å². The Labute approximate surface area is 196 Å². The van der Waals surface area contributed by atoms with Crippen LogP contribution in [0.5, 0.6) is 5.75 Å². The van der Waals surface area contributed by atoms with Gasteiger partial charge in [0.25, 0.3) is 5.91 Å². The first-order valence-electron chi connectivity index (χ1n) is 10.1. The van der Waals surface area contributed by atoms with Crippen molar-refractivity contribution in [3.05, 3.63) is 47.5 Å². The van der Waals surface area contributed by atoms with E-state index in [4.69, 9.17) is 25.8 Å². The summed E-state index contributed by atoms with van der Waals surface area (Å²) in [4.78, 5) is 23.8. The molecule has 0 radical (unpaired) electrons. The van der Waals surface area contributed by atoms with Crippen LogP contribution in [0.1, 0.15) is 6.92 Å². The van der Waals surface area contributed by atoms with Crippen molar-refractivity contribution in [1.82, 2.24) is 4.31 Å². The maximum atomic E-state index is 12.9. The highest BCUT2D eigenvalue weighted by Crippen LogP contribution is 2.28. The quantitative estimate of drug-likeness (QED) is 0.574. The number of sulfonamides is 1. The van der Waals surface area contributed by atoms with Gasteiger partial charge < -0.3 is 19.5 Å². The zero-order chi connectivity index (χ0) is 23.8. The highest BCUT2D eigenvalue weighted by molar-refractivity contribution is 7.89. The topological polar surface area (TPSA) is 123 Å². The average molecular weight is 498 g/mol. The van der Waals surface area contributed by atoms with Crippen LogP contribution in [0.2, 0.25) is 5.02 Å². The zero-order valence-corrected chi connectivity index (χ0v) is 19.4. The number of halogens is 1. The van der Waals surface area contributed by atoms with E-state index in [0.29, 0.717) is 24.7 Å². The summed E-state index contributed by atoms with van der Waals surface area (Å²) >= 11 is 6.13. The molecule has 2 aromatic carbocycles. The Morgan fingerprint density at radius 3 is 2.55 bits per heavy atom. The van der Waals surface area contributed by atoms with Gasteiger partial charge in [-0.05, 0) is 37.3 Å². The fourth-order valence-electron chi connectivity index (χ4n) is 3.00. The van der Waals surface area contributed by atoms with Crippen molar-refractivity contribution in [2.24, 2.45) is 0 Å². The van der Waals surface area contributed by atoms with E-state index in [2.05, 4.69) is 10.6 Å². The number of carbonyl (C=O) groups excluding carboxylic acids is 2. The summed E-state index contributed by atoms with van der Waals surface area (Å²) in [5.41, 5.74) is 0.708. The molecule has 0 aromatic heterocycles. The second kappa shape index (κ2) is 11.3. The minimum Gasteiger partial charge on any atom is -0.484 e. The highest BCUT2D eigenvalue weighted by atomic mass is 35.5. The maximum absolute atomic E-state index is 12.9. The van der Waals surface area contributed by atoms with Gasteiger partial charge in [-0.15, -0.1) is 0 Å². The van der Waals surface area contributed by atoms with Crippen LogP contribution in [0, 0.1) is 0 Å². The van der Waals surface area contributed by atoms with Gasteiger partial charge in [-0.25, -0.2) is 13.2 Å². The zero-order valence-electron chi connectivity index (χ0n) is 17.9. The van der Waals surface area contributed by atoms with E-state index in [-0.39, 0.29) is 41.9 Å². The molecule has 2 N–H and O–H groups in total. The summed E-state index contributed by atoms with van der Waals surface area (Å²) in [7, 11) is -3.83. The highest BCUT2D eigenvalue weighted by Gasteiger charge is 2.28. The smallest absolute Gasteiger partial charge is 0.411 e. The Morgan fingerprint density at radius 1 is 1.09 bits per heavy atom. The van der Waals surface area contributed by atoms with Gasteiger partial charge in [-0.1, -0.05) is 17.7 Å². The number of amides is 2. The third-order valence-electron chi connectivity index (χ3n) is 4.53. The van der Waals surface area contributed by atoms with E-state index < -0.39 is 22.0 Å². The molecular formula is C21H24ClN3O7S. The Bertz CT molecular complexity index is 1100. The summed E-state index contributed by atoms with van der Waals surface area (Å²) in [6.45, 7) is 2.67. The van der Waals surface area contributed by atoms with Gasteiger partial charge in [0.2, 0.25) is 10.0 Å². The number of morpholine rings is 1. The molecule has 178 valence electrons. The predicted octanol–water partition coefficient (Wildman–Crippen LogP) is 2.95. The molecule has 1 saturated heterocycles. The molecule has 0 bridgehead atoms. The van der Waals surface area contributed by atoms with Crippen LogP contribution in [0.15, 0.2) is 47.4 Å². The molecule has 0 aliphatic carbocycles. The van der Waals surface area contributed by atoms with Crippen LogP contribution in [0.4, 0.5) is 16.2 Å². The van der Waals surface area contributed by atoms with Crippen LogP contribution in [-0.4, -0.2) is 64.2 Å². The maximum Gasteiger partial charge on any atom is 0.411 e. The lowest BCUT2D eigenvalue weighted by Crippen LogP contribution is -2.40. The van der Waals surface area contributed by atoms with Gasteiger partial charge in [0.05, 0.1) is 24.8 Å². The third-order valence-corrected chi connectivity index (χ3v) is 6.91. The number of rotatable bonds is 8. The van der Waals surface area contributed by atoms with E-state index in [1.807, 2.05) is 0 Å². The van der Waals surface area contributed by atoms with Gasteiger partial charge in [-0.2, -0.15) is 4.31 Å². The van der Waals surface area contributed by atoms with Crippen molar-refractivity contribution < 1.29 is 32.2 Å². The summed E-state index contributed by atoms with van der Waals surface area (Å²) in [6, 6.07) is 10.7. The molecule has 1 fully saturated rings. The molecule has 33 heavy (non-hydrogen) atoms. The standard InChI is InChI=1S/C21H24ClN3O7S/c1-2-31-21(27)24-15-4-3-5-17(12-15)32-14-20(26)23-16-6-7-18(22)19(13-16)33(28,29)25-8-10-30-11-9-25/h3-7,12-13H,2,8-11,14H2,1H3,(H,23,26)(H,24,27). The van der Waals surface area contributed by atoms with Crippen molar-refractivity contribution in [1.29, 1.82) is 0 Å². The summed E-state index contributed by atoms with van der Waals surface area (Å²) in [5, 5.41) is 5.20. The van der Waals surface area contributed by atoms with Crippen LogP contribution in [0.25, 0.3) is 0 Å². The number of carbonyl (C=O) groups is 2. The lowest BCUT2D eigenvalue weighted by Gasteiger charge is -2.26. The molecule has 0 atom stereocenters. The normalized spacial score (nSPS) is 14.4. The molecule has 3 rings (SSSR count). The van der Waals surface area contributed by atoms with E-state index in [0.717, 1.165) is 0 Å². The SMILES string of the molecule is CCOC(=O)Nc1cccc(OCC(=O)Nc2ccc(Cl)c(S(=O)(=O)N3CCOCC3)c2)c1. The van der Waals surface area contributed by atoms with E-state index in [1.165, 1.54) is 22.5 Å². The monoisotopic (exact) mass is 497 g/mol. The molecule has 1 heterocycles. The first-order valence-corrected chi connectivity index (χ1v) is 12.0. The second-order valence-corrected chi connectivity index (χ2v) is 9.19. The molecular weight excluding hydrogens is 474 g/mol. The number of benzene rings is 2. The predicted molar refractivity (Wildman–Crippen MR) is 122 cm³/mol. The van der Waals surface area contributed by atoms with Gasteiger partial charge in [-0.3, -0.25) is 10.1 Å². The van der Waals surface area contributed by atoms with Crippen molar-refractivity contribution in [2.75, 3.05) is 50.2 Å². The second-order valence-electron chi connectivity index (χ2n) is 6.87. The number of nitrogens with one attached hydrogen (secondary N) is 2. The first-order chi connectivity index (χ1) is 15.8. The molecule has 12 heteroatoms. The summed E-state index contributed by atoms with van der Waals surface area (Å²) in [6.07, 6.45) is -0.599. The lowest BCUT2D eigenvalue weighted by molar-refractivity contribution is -0.118. The minimum atomic E-state index is -3.83. The molecule has 2 amide bonds. The Morgan fingerprint density at radius 2 is 1.82 bits per heavy atom. The van der Waals surface area contributed by atoms with Crippen molar-refractivity contribution in [3.63, 3.8) is 0 Å². The van der Waals surface area contributed by atoms with Crippen LogP contribution in [-0.2, 0) is 24.3 Å². The number of hydrogen-bond acceptors (Lipinski definition) is 7. The van der Waals surface area contributed by atoms with E-state index >= 15 is 0 Å². The Hall–Kier alpha value is -2.86. The van der Waals surface area contributed by atoms with Gasteiger partial charge in [0.15, 0.2) is 6.61 Å². The summed E-state index contributed by atoms with van der Waals surface area (Å²) < 4.78 is 42.6. The van der Waals surface area contributed by atoms with Crippen LogP contribution < -0.4 is 15.4 Å². The number of hydrogen-bond donors (Lipinski definition) is 2. The average Bonchev–Trinajstić information content (AvgIpc) is 2.80. The van der Waals surface area contributed by atoms with Gasteiger partial charge in [0, 0.05) is 30.5 Å². The van der Waals surface area contributed by atoms with E-state index in [9.17, 15) is 18.0 Å². The molecule has 0 spiro atoms. The number of nitrogens with zero attached hydrogens (tertiary/aromatic N) is 1. The Kier molecular flexibility index (Phi) is 8.50. The molecule has 0 unspecified atom stereocenters. The minimum absolute atomic E-state index is 0.0571. The van der Waals surface area contributed by atoms with Crippen LogP contribution >= 0.6 is 11.6 Å². The van der Waals surface area contributed by atoms with Gasteiger partial charge in [0.1, 0.15) is 10.6 Å². The van der Waals surface area contributed by atoms with Crippen molar-refractivity contribution >= 4 is 45.0 Å². The van der Waals surface area contributed by atoms with Crippen molar-refractivity contribution in [3.8, 4) is 5.75 Å². The fraction of sp³-hybridized carbons (Fsp3) is 0.333. The molecule has 10 nitrogen and oxygen atoms in total. The molecule has 0 saturated carbocycles. The number of anilines is 2.